The third-order valence-electron chi connectivity index (χ3n) is 4.79. The van der Waals surface area contributed by atoms with Crippen molar-refractivity contribution in [1.82, 2.24) is 9.88 Å². The minimum atomic E-state index is -0.572. The van der Waals surface area contributed by atoms with Crippen LogP contribution in [0.25, 0.3) is 5.57 Å². The number of nitrogens with one attached hydrogen (secondary N) is 1. The number of benzene rings is 1. The molecular formula is C21H23ClFN3O2. The first-order valence-electron chi connectivity index (χ1n) is 9.25. The molecule has 0 aliphatic carbocycles. The van der Waals surface area contributed by atoms with Crippen molar-refractivity contribution >= 4 is 28.9 Å². The fourth-order valence-corrected chi connectivity index (χ4v) is 3.35. The lowest BCUT2D eigenvalue weighted by molar-refractivity contribution is 0.173. The van der Waals surface area contributed by atoms with Crippen molar-refractivity contribution in [1.29, 1.82) is 0 Å². The molecule has 0 bridgehead atoms. The highest BCUT2D eigenvalue weighted by Gasteiger charge is 2.20. The topological polar surface area (TPSA) is 65.5 Å². The lowest BCUT2D eigenvalue weighted by Crippen LogP contribution is -2.37. The van der Waals surface area contributed by atoms with Gasteiger partial charge in [-0.05, 0) is 42.2 Å². The van der Waals surface area contributed by atoms with Gasteiger partial charge in [-0.3, -0.25) is 4.98 Å². The van der Waals surface area contributed by atoms with Crippen LogP contribution in [0.5, 0.6) is 0 Å². The number of alkyl halides is 1. The normalized spacial score (nSPS) is 15.1. The number of hydrogen-bond acceptors (Lipinski definition) is 3. The zero-order valence-corrected chi connectivity index (χ0v) is 16.4. The van der Waals surface area contributed by atoms with E-state index in [0.717, 1.165) is 5.57 Å². The summed E-state index contributed by atoms with van der Waals surface area (Å²) in [5, 5.41) is 13.2. The molecular weight excluding hydrogens is 381 g/mol. The van der Waals surface area contributed by atoms with Crippen LogP contribution in [0.1, 0.15) is 42.7 Å². The van der Waals surface area contributed by atoms with Gasteiger partial charge in [-0.2, -0.15) is 0 Å². The van der Waals surface area contributed by atoms with E-state index in [-0.39, 0.29) is 6.03 Å². The minimum Gasteiger partial charge on any atom is -0.388 e. The predicted molar refractivity (Wildman–Crippen MR) is 109 cm³/mol. The largest absolute Gasteiger partial charge is 0.388 e. The Morgan fingerprint density at radius 1 is 1.39 bits per heavy atom. The summed E-state index contributed by atoms with van der Waals surface area (Å²) in [6.45, 7) is 2.35. The quantitative estimate of drug-likeness (QED) is 0.740. The lowest BCUT2D eigenvalue weighted by Gasteiger charge is -2.27. The number of aliphatic hydroxyl groups excluding tert-OH is 1. The van der Waals surface area contributed by atoms with E-state index in [4.69, 9.17) is 11.6 Å². The summed E-state index contributed by atoms with van der Waals surface area (Å²) in [6.07, 6.45) is 4.25. The van der Waals surface area contributed by atoms with Gasteiger partial charge in [0.15, 0.2) is 0 Å². The van der Waals surface area contributed by atoms with Crippen molar-refractivity contribution in [3.8, 4) is 0 Å². The lowest BCUT2D eigenvalue weighted by atomic mass is 10.0. The molecule has 2 aromatic rings. The highest BCUT2D eigenvalue weighted by Crippen LogP contribution is 2.29. The number of halogens is 2. The van der Waals surface area contributed by atoms with Crippen LogP contribution < -0.4 is 5.32 Å². The molecule has 2 amide bonds. The van der Waals surface area contributed by atoms with Crippen LogP contribution in [0.4, 0.5) is 14.9 Å². The molecule has 1 unspecified atom stereocenters. The molecule has 0 fully saturated rings. The van der Waals surface area contributed by atoms with Crippen LogP contribution in [0.3, 0.4) is 0 Å². The van der Waals surface area contributed by atoms with E-state index < -0.39 is 12.8 Å². The summed E-state index contributed by atoms with van der Waals surface area (Å²) in [7, 11) is 0. The van der Waals surface area contributed by atoms with Gasteiger partial charge < -0.3 is 15.3 Å². The minimum absolute atomic E-state index is 0.205. The van der Waals surface area contributed by atoms with Crippen LogP contribution in [0.2, 0.25) is 5.02 Å². The number of hydrogen-bond donors (Lipinski definition) is 2. The summed E-state index contributed by atoms with van der Waals surface area (Å²) in [6, 6.07) is 8.22. The zero-order valence-electron chi connectivity index (χ0n) is 15.7. The Morgan fingerprint density at radius 2 is 2.14 bits per heavy atom. The maximum absolute atomic E-state index is 12.6. The monoisotopic (exact) mass is 403 g/mol. The highest BCUT2D eigenvalue weighted by molar-refractivity contribution is 6.32. The van der Waals surface area contributed by atoms with Gasteiger partial charge in [0, 0.05) is 30.5 Å². The van der Waals surface area contributed by atoms with E-state index in [9.17, 15) is 14.3 Å². The van der Waals surface area contributed by atoms with Crippen LogP contribution in [0, 0.1) is 0 Å². The second-order valence-corrected chi connectivity index (χ2v) is 7.12. The number of pyridine rings is 1. The van der Waals surface area contributed by atoms with E-state index in [1.165, 1.54) is 0 Å². The van der Waals surface area contributed by atoms with Gasteiger partial charge in [0.2, 0.25) is 0 Å². The molecule has 1 aromatic carbocycles. The Morgan fingerprint density at radius 3 is 2.71 bits per heavy atom. The van der Waals surface area contributed by atoms with E-state index in [1.54, 1.807) is 41.4 Å². The summed E-state index contributed by atoms with van der Waals surface area (Å²) in [4.78, 5) is 18.5. The van der Waals surface area contributed by atoms with Gasteiger partial charge in [0.1, 0.15) is 6.67 Å². The SMILES string of the molecule is CCC(O)c1cnc(C2=CCN(C(=O)Nc3ccc(CF)cc3)CC2)c(Cl)c1. The van der Waals surface area contributed by atoms with Crippen molar-refractivity contribution in [2.24, 2.45) is 0 Å². The molecule has 1 aliphatic rings. The molecule has 7 heteroatoms. The van der Waals surface area contributed by atoms with Crippen molar-refractivity contribution in [2.75, 3.05) is 18.4 Å². The maximum Gasteiger partial charge on any atom is 0.322 e. The second-order valence-electron chi connectivity index (χ2n) is 6.71. The summed E-state index contributed by atoms with van der Waals surface area (Å²) in [5.41, 5.74) is 3.58. The van der Waals surface area contributed by atoms with Crippen molar-refractivity contribution in [3.05, 3.63) is 64.4 Å². The summed E-state index contributed by atoms with van der Waals surface area (Å²) in [5.74, 6) is 0. The molecule has 148 valence electrons. The molecule has 2 heterocycles. The van der Waals surface area contributed by atoms with E-state index >= 15 is 0 Å². The molecule has 0 radical (unpaired) electrons. The molecule has 28 heavy (non-hydrogen) atoms. The second kappa shape index (κ2) is 9.17. The Labute approximate surface area is 168 Å². The Bertz CT molecular complexity index is 870. The maximum atomic E-state index is 12.6. The molecule has 0 spiro atoms. The first-order valence-corrected chi connectivity index (χ1v) is 9.63. The number of carbonyl (C=O) groups excluding carboxylic acids is 1. The van der Waals surface area contributed by atoms with E-state index in [0.29, 0.717) is 53.5 Å². The fraction of sp³-hybridized carbons (Fsp3) is 0.333. The average Bonchev–Trinajstić information content (AvgIpc) is 2.73. The molecule has 0 saturated heterocycles. The highest BCUT2D eigenvalue weighted by atomic mass is 35.5. The van der Waals surface area contributed by atoms with Gasteiger partial charge in [-0.25, -0.2) is 9.18 Å². The number of rotatable bonds is 5. The van der Waals surface area contributed by atoms with Crippen LogP contribution >= 0.6 is 11.6 Å². The Balaban J connectivity index is 1.64. The predicted octanol–water partition coefficient (Wildman–Crippen LogP) is 4.97. The molecule has 1 aromatic heterocycles. The van der Waals surface area contributed by atoms with Crippen molar-refractivity contribution in [3.63, 3.8) is 0 Å². The van der Waals surface area contributed by atoms with Crippen LogP contribution in [-0.2, 0) is 6.67 Å². The Kier molecular flexibility index (Phi) is 6.65. The molecule has 2 N–H and O–H groups in total. The molecule has 1 aliphatic heterocycles. The number of aromatic nitrogens is 1. The van der Waals surface area contributed by atoms with Gasteiger partial charge in [-0.1, -0.05) is 36.7 Å². The number of carbonyl (C=O) groups is 1. The fourth-order valence-electron chi connectivity index (χ4n) is 3.06. The third kappa shape index (κ3) is 4.69. The third-order valence-corrected chi connectivity index (χ3v) is 5.08. The van der Waals surface area contributed by atoms with Crippen LogP contribution in [-0.4, -0.2) is 34.1 Å². The average molecular weight is 404 g/mol. The number of aliphatic hydroxyl groups is 1. The van der Waals surface area contributed by atoms with Crippen LogP contribution in [0.15, 0.2) is 42.6 Å². The number of anilines is 1. The van der Waals surface area contributed by atoms with E-state index in [1.807, 2.05) is 13.0 Å². The zero-order chi connectivity index (χ0) is 20.1. The van der Waals surface area contributed by atoms with Gasteiger partial charge in [-0.15, -0.1) is 0 Å². The first-order chi connectivity index (χ1) is 13.5. The molecule has 3 rings (SSSR count). The molecule has 1 atom stereocenters. The smallest absolute Gasteiger partial charge is 0.322 e. The first kappa shape index (κ1) is 20.3. The standard InChI is InChI=1S/C21H23ClFN3O2/c1-2-19(27)16-11-18(22)20(24-13-16)15-7-9-26(10-8-15)21(28)25-17-5-3-14(12-23)4-6-17/h3-7,11,13,19,27H,2,8-10,12H2,1H3,(H,25,28). The van der Waals surface area contributed by atoms with Gasteiger partial charge in [0.25, 0.3) is 0 Å². The number of nitrogens with zero attached hydrogens (tertiary/aromatic N) is 2. The Hall–Kier alpha value is -2.44. The molecule has 5 nitrogen and oxygen atoms in total. The number of urea groups is 1. The summed E-state index contributed by atoms with van der Waals surface area (Å²) >= 11 is 6.36. The van der Waals surface area contributed by atoms with Gasteiger partial charge >= 0.3 is 6.03 Å². The summed E-state index contributed by atoms with van der Waals surface area (Å²) < 4.78 is 12.6. The number of amides is 2. The van der Waals surface area contributed by atoms with Crippen molar-refractivity contribution < 1.29 is 14.3 Å². The van der Waals surface area contributed by atoms with Gasteiger partial charge in [0.05, 0.1) is 16.8 Å². The molecule has 0 saturated carbocycles. The van der Waals surface area contributed by atoms with Crippen molar-refractivity contribution in [2.45, 2.75) is 32.5 Å². The van der Waals surface area contributed by atoms with E-state index in [2.05, 4.69) is 10.3 Å².